The number of rotatable bonds is 0. The van der Waals surface area contributed by atoms with Gasteiger partial charge in [0.15, 0.2) is 0 Å². The van der Waals surface area contributed by atoms with Gasteiger partial charge in [0.25, 0.3) is 0 Å². The maximum absolute atomic E-state index is 4.33. The molecule has 0 atom stereocenters. The van der Waals surface area contributed by atoms with Crippen LogP contribution in [0.15, 0.2) is 48.5 Å². The van der Waals surface area contributed by atoms with Gasteiger partial charge in [-0.1, -0.05) is 61.4 Å². The Hall–Kier alpha value is -1.67. The van der Waals surface area contributed by atoms with Crippen molar-refractivity contribution in [1.29, 1.82) is 0 Å². The quantitative estimate of drug-likeness (QED) is 0.498. The van der Waals surface area contributed by atoms with Crippen LogP contribution in [-0.4, -0.2) is 4.98 Å². The molecule has 0 saturated heterocycles. The number of fused-ring (bicyclic) bond motifs is 1. The van der Waals surface area contributed by atoms with Crippen molar-refractivity contribution in [2.45, 2.75) is 34.6 Å². The van der Waals surface area contributed by atoms with Gasteiger partial charge in [0, 0.05) is 0 Å². The molecule has 0 bridgehead atoms. The predicted molar refractivity (Wildman–Crippen MR) is 91.6 cm³/mol. The van der Waals surface area contributed by atoms with Crippen LogP contribution in [0.2, 0.25) is 0 Å². The van der Waals surface area contributed by atoms with E-state index in [4.69, 9.17) is 0 Å². The molecule has 106 valence electrons. The molecule has 0 N–H and O–H groups in total. The number of nitrogens with zero attached hydrogens (tertiary/aromatic N) is 1. The summed E-state index contributed by atoms with van der Waals surface area (Å²) in [6, 6.07) is 16.7. The van der Waals surface area contributed by atoms with Gasteiger partial charge < -0.3 is 0 Å². The van der Waals surface area contributed by atoms with E-state index in [9.17, 15) is 0 Å². The summed E-state index contributed by atoms with van der Waals surface area (Å²) in [7, 11) is 0. The molecule has 1 heterocycles. The van der Waals surface area contributed by atoms with Crippen LogP contribution < -0.4 is 0 Å². The van der Waals surface area contributed by atoms with Crippen LogP contribution in [0.4, 0.5) is 0 Å². The minimum Gasteiger partial charge on any atom is -0.242 e. The van der Waals surface area contributed by atoms with E-state index in [1.807, 2.05) is 39.0 Å². The van der Waals surface area contributed by atoms with Crippen LogP contribution in [0.3, 0.4) is 0 Å². The second-order valence-corrected chi connectivity index (χ2v) is 5.59. The fourth-order valence-corrected chi connectivity index (χ4v) is 2.45. The summed E-state index contributed by atoms with van der Waals surface area (Å²) in [6.45, 7) is 10.2. The molecule has 3 rings (SSSR count). The van der Waals surface area contributed by atoms with E-state index in [1.165, 1.54) is 15.8 Å². The van der Waals surface area contributed by atoms with Crippen molar-refractivity contribution in [3.8, 4) is 0 Å². The average Bonchev–Trinajstić information content (AvgIpc) is 2.85. The molecule has 1 nitrogen and oxygen atoms in total. The molecule has 0 saturated carbocycles. The Balaban J connectivity index is 0.000000182. The zero-order valence-electron chi connectivity index (χ0n) is 13.0. The van der Waals surface area contributed by atoms with E-state index >= 15 is 0 Å². The van der Waals surface area contributed by atoms with Crippen molar-refractivity contribution in [2.24, 2.45) is 0 Å². The van der Waals surface area contributed by atoms with Gasteiger partial charge >= 0.3 is 0 Å². The number of aromatic nitrogens is 1. The highest BCUT2D eigenvalue weighted by Crippen LogP contribution is 2.19. The maximum Gasteiger partial charge on any atom is 0.0907 e. The Labute approximate surface area is 126 Å². The van der Waals surface area contributed by atoms with Crippen LogP contribution in [0.1, 0.15) is 30.0 Å². The highest BCUT2D eigenvalue weighted by atomic mass is 32.1. The van der Waals surface area contributed by atoms with E-state index in [-0.39, 0.29) is 0 Å². The van der Waals surface area contributed by atoms with Gasteiger partial charge in [0.1, 0.15) is 0 Å². The first-order valence-corrected chi connectivity index (χ1v) is 7.82. The minimum atomic E-state index is 1.12. The summed E-state index contributed by atoms with van der Waals surface area (Å²) in [6.07, 6.45) is 0. The van der Waals surface area contributed by atoms with E-state index < -0.39 is 0 Å². The Morgan fingerprint density at radius 2 is 1.25 bits per heavy atom. The fourth-order valence-electron chi connectivity index (χ4n) is 1.62. The lowest BCUT2D eigenvalue weighted by atomic mass is 10.2. The minimum absolute atomic E-state index is 1.12. The third-order valence-corrected chi connectivity index (χ3v) is 3.57. The van der Waals surface area contributed by atoms with Crippen molar-refractivity contribution >= 4 is 21.6 Å². The zero-order valence-corrected chi connectivity index (χ0v) is 13.8. The molecule has 0 spiro atoms. The number of aryl methyl sites for hydroxylation is 3. The van der Waals surface area contributed by atoms with E-state index in [0.29, 0.717) is 0 Å². The number of para-hydroxylation sites is 1. The molecular formula is C18H23NS. The third kappa shape index (κ3) is 5.14. The lowest BCUT2D eigenvalue weighted by Gasteiger charge is -1.90. The van der Waals surface area contributed by atoms with Crippen LogP contribution in [0.5, 0.6) is 0 Å². The van der Waals surface area contributed by atoms with Gasteiger partial charge in [-0.3, -0.25) is 0 Å². The normalized spacial score (nSPS) is 9.25. The Morgan fingerprint density at radius 3 is 1.75 bits per heavy atom. The molecule has 0 aliphatic rings. The van der Waals surface area contributed by atoms with Crippen molar-refractivity contribution in [3.05, 3.63) is 64.7 Å². The van der Waals surface area contributed by atoms with Crippen molar-refractivity contribution in [2.75, 3.05) is 0 Å². The van der Waals surface area contributed by atoms with Gasteiger partial charge in [-0.15, -0.1) is 11.3 Å². The lowest BCUT2D eigenvalue weighted by Crippen LogP contribution is -1.70. The maximum atomic E-state index is 4.33. The summed E-state index contributed by atoms with van der Waals surface area (Å²) in [4.78, 5) is 4.33. The van der Waals surface area contributed by atoms with Crippen LogP contribution in [0.25, 0.3) is 10.2 Å². The summed E-state index contributed by atoms with van der Waals surface area (Å²) >= 11 is 1.74. The van der Waals surface area contributed by atoms with E-state index in [0.717, 1.165) is 10.5 Å². The molecule has 1 aromatic heterocycles. The standard InChI is InChI=1S/C8H7NS.C8H10.C2H6/c1-6-9-7-4-2-3-5-8(7)10-6;1-7-3-5-8(2)6-4-7;1-2/h2-5H,1H3;3-6H,1-2H3;1-2H3. The molecule has 20 heavy (non-hydrogen) atoms. The molecule has 3 aromatic rings. The Bertz CT molecular complexity index is 569. The number of hydrogen-bond acceptors (Lipinski definition) is 2. The van der Waals surface area contributed by atoms with Gasteiger partial charge in [0.2, 0.25) is 0 Å². The molecule has 0 fully saturated rings. The SMILES string of the molecule is CC.Cc1ccc(C)cc1.Cc1nc2ccccc2s1. The number of hydrogen-bond donors (Lipinski definition) is 0. The first-order valence-electron chi connectivity index (χ1n) is 7.00. The number of thiazole rings is 1. The van der Waals surface area contributed by atoms with E-state index in [2.05, 4.69) is 49.2 Å². The molecule has 0 amide bonds. The highest BCUT2D eigenvalue weighted by molar-refractivity contribution is 7.18. The van der Waals surface area contributed by atoms with Gasteiger partial charge in [0.05, 0.1) is 15.2 Å². The zero-order chi connectivity index (χ0) is 15.0. The second-order valence-electron chi connectivity index (χ2n) is 4.36. The fraction of sp³-hybridized carbons (Fsp3) is 0.278. The smallest absolute Gasteiger partial charge is 0.0907 e. The molecule has 0 radical (unpaired) electrons. The van der Waals surface area contributed by atoms with Crippen molar-refractivity contribution in [1.82, 2.24) is 4.98 Å². The monoisotopic (exact) mass is 285 g/mol. The molecule has 0 aliphatic heterocycles. The summed E-state index contributed by atoms with van der Waals surface area (Å²) in [5, 5.41) is 1.14. The highest BCUT2D eigenvalue weighted by Gasteiger charge is 1.95. The van der Waals surface area contributed by atoms with Gasteiger partial charge in [-0.05, 0) is 32.9 Å². The van der Waals surface area contributed by atoms with Gasteiger partial charge in [-0.25, -0.2) is 4.98 Å². The average molecular weight is 285 g/mol. The van der Waals surface area contributed by atoms with E-state index in [1.54, 1.807) is 11.3 Å². The van der Waals surface area contributed by atoms with Gasteiger partial charge in [-0.2, -0.15) is 0 Å². The lowest BCUT2D eigenvalue weighted by molar-refractivity contribution is 1.35. The Kier molecular flexibility index (Phi) is 6.96. The first kappa shape index (κ1) is 16.4. The largest absolute Gasteiger partial charge is 0.242 e. The van der Waals surface area contributed by atoms with Crippen molar-refractivity contribution < 1.29 is 0 Å². The summed E-state index contributed by atoms with van der Waals surface area (Å²) < 4.78 is 1.28. The summed E-state index contributed by atoms with van der Waals surface area (Å²) in [5.74, 6) is 0. The molecule has 2 aromatic carbocycles. The second kappa shape index (κ2) is 8.49. The predicted octanol–water partition coefficient (Wildman–Crippen LogP) is 5.93. The molecule has 2 heteroatoms. The van der Waals surface area contributed by atoms with Crippen LogP contribution >= 0.6 is 11.3 Å². The van der Waals surface area contributed by atoms with Crippen molar-refractivity contribution in [3.63, 3.8) is 0 Å². The topological polar surface area (TPSA) is 12.9 Å². The molecule has 0 aliphatic carbocycles. The number of benzene rings is 2. The van der Waals surface area contributed by atoms with Crippen LogP contribution in [-0.2, 0) is 0 Å². The Morgan fingerprint density at radius 1 is 0.750 bits per heavy atom. The first-order chi connectivity index (χ1) is 9.65. The van der Waals surface area contributed by atoms with Crippen LogP contribution in [0, 0.1) is 20.8 Å². The molecule has 0 unspecified atom stereocenters. The molecular weight excluding hydrogens is 262 g/mol. The third-order valence-electron chi connectivity index (χ3n) is 2.62. The summed E-state index contributed by atoms with van der Waals surface area (Å²) in [5.41, 5.74) is 3.77.